The Labute approximate surface area is 135 Å². The van der Waals surface area contributed by atoms with Gasteiger partial charge in [-0.15, -0.1) is 0 Å². The van der Waals surface area contributed by atoms with Gasteiger partial charge in [0, 0.05) is 32.0 Å². The third kappa shape index (κ3) is 7.43. The van der Waals surface area contributed by atoms with Gasteiger partial charge in [0.25, 0.3) is 0 Å². The second-order valence-corrected chi connectivity index (χ2v) is 7.20. The van der Waals surface area contributed by atoms with Gasteiger partial charge in [-0.1, -0.05) is 20.8 Å². The summed E-state index contributed by atoms with van der Waals surface area (Å²) in [4.78, 5) is 8.44. The third-order valence-corrected chi connectivity index (χ3v) is 3.76. The first kappa shape index (κ1) is 18.5. The molecule has 0 spiro atoms. The molecule has 0 aliphatic heterocycles. The molecule has 0 saturated carbocycles. The zero-order chi connectivity index (χ0) is 16.6. The molecule has 0 fully saturated rings. The maximum atomic E-state index is 4.31. The molecule has 124 valence electrons. The largest absolute Gasteiger partial charge is 0.356 e. The van der Waals surface area contributed by atoms with Crippen LogP contribution in [0.3, 0.4) is 0 Å². The molecule has 0 radical (unpaired) electrons. The fraction of sp³-hybridized carbons (Fsp3) is 0.667. The lowest BCUT2D eigenvalue weighted by molar-refractivity contribution is 0.346. The maximum Gasteiger partial charge on any atom is 0.191 e. The lowest BCUT2D eigenvalue weighted by atomic mass is 9.89. The molecule has 1 atom stereocenters. The Bertz CT molecular complexity index is 474. The molecule has 2 N–H and O–H groups in total. The molecule has 1 aromatic heterocycles. The molecule has 0 amide bonds. The van der Waals surface area contributed by atoms with Crippen molar-refractivity contribution in [3.8, 4) is 0 Å². The monoisotopic (exact) mass is 304 g/mol. The Balaban J connectivity index is 2.35. The summed E-state index contributed by atoms with van der Waals surface area (Å²) in [5.41, 5.74) is 2.95. The molecule has 1 heterocycles. The van der Waals surface area contributed by atoms with Crippen LogP contribution in [0.5, 0.6) is 0 Å². The summed E-state index contributed by atoms with van der Waals surface area (Å²) in [5.74, 6) is 0.883. The van der Waals surface area contributed by atoms with Crippen LogP contribution in [0.15, 0.2) is 23.5 Å². The molecule has 4 heteroatoms. The number of rotatable bonds is 6. The predicted molar refractivity (Wildman–Crippen MR) is 95.3 cm³/mol. The van der Waals surface area contributed by atoms with Crippen LogP contribution in [-0.4, -0.2) is 30.6 Å². The van der Waals surface area contributed by atoms with E-state index >= 15 is 0 Å². The normalized spacial score (nSPS) is 13.8. The van der Waals surface area contributed by atoms with E-state index in [2.05, 4.69) is 61.3 Å². The fourth-order valence-electron chi connectivity index (χ4n) is 2.25. The van der Waals surface area contributed by atoms with E-state index in [1.807, 2.05) is 19.4 Å². The van der Waals surface area contributed by atoms with Crippen molar-refractivity contribution in [2.24, 2.45) is 10.4 Å². The van der Waals surface area contributed by atoms with Crippen LogP contribution in [-0.2, 0) is 6.42 Å². The summed E-state index contributed by atoms with van der Waals surface area (Å²) in [7, 11) is 1.82. The number of pyridine rings is 1. The van der Waals surface area contributed by atoms with Crippen molar-refractivity contribution in [3.63, 3.8) is 0 Å². The van der Waals surface area contributed by atoms with Gasteiger partial charge < -0.3 is 10.6 Å². The van der Waals surface area contributed by atoms with Gasteiger partial charge in [-0.3, -0.25) is 9.98 Å². The van der Waals surface area contributed by atoms with Gasteiger partial charge in [0.1, 0.15) is 0 Å². The molecule has 22 heavy (non-hydrogen) atoms. The zero-order valence-electron chi connectivity index (χ0n) is 15.0. The highest BCUT2D eigenvalue weighted by molar-refractivity contribution is 5.79. The van der Waals surface area contributed by atoms with Crippen LogP contribution in [0.25, 0.3) is 0 Å². The van der Waals surface area contributed by atoms with E-state index in [9.17, 15) is 0 Å². The lowest BCUT2D eigenvalue weighted by Gasteiger charge is -2.23. The van der Waals surface area contributed by atoms with E-state index < -0.39 is 0 Å². The maximum absolute atomic E-state index is 4.31. The molecule has 1 aromatic rings. The van der Waals surface area contributed by atoms with Gasteiger partial charge in [-0.25, -0.2) is 0 Å². The molecule has 0 bridgehead atoms. The lowest BCUT2D eigenvalue weighted by Crippen LogP contribution is -2.43. The van der Waals surface area contributed by atoms with Crippen LogP contribution in [0.2, 0.25) is 0 Å². The highest BCUT2D eigenvalue weighted by Gasteiger charge is 2.13. The Morgan fingerprint density at radius 2 is 2.09 bits per heavy atom. The highest BCUT2D eigenvalue weighted by atomic mass is 15.2. The van der Waals surface area contributed by atoms with Crippen LogP contribution in [0.1, 0.15) is 51.7 Å². The standard InChI is InChI=1S/C18H32N4/c1-14-13-20-11-8-16(14)9-12-21-17(19-6)22-15(2)7-10-18(3,4)5/h8,11,13,15H,7,9-10,12H2,1-6H3,(H2,19,21,22). The molecule has 0 aromatic carbocycles. The van der Waals surface area contributed by atoms with Crippen molar-refractivity contribution < 1.29 is 0 Å². The molecule has 1 rings (SSSR count). The summed E-state index contributed by atoms with van der Waals surface area (Å²) >= 11 is 0. The Hall–Kier alpha value is -1.58. The second kappa shape index (κ2) is 8.76. The first-order chi connectivity index (χ1) is 10.3. The Morgan fingerprint density at radius 1 is 1.36 bits per heavy atom. The number of aromatic nitrogens is 1. The van der Waals surface area contributed by atoms with Crippen molar-refractivity contribution in [2.45, 2.75) is 59.9 Å². The van der Waals surface area contributed by atoms with Crippen molar-refractivity contribution in [1.82, 2.24) is 15.6 Å². The molecular formula is C18H32N4. The van der Waals surface area contributed by atoms with Crippen molar-refractivity contribution in [3.05, 3.63) is 29.6 Å². The van der Waals surface area contributed by atoms with Crippen LogP contribution >= 0.6 is 0 Å². The number of aliphatic imine (C=N–C) groups is 1. The first-order valence-corrected chi connectivity index (χ1v) is 8.18. The first-order valence-electron chi connectivity index (χ1n) is 8.18. The molecule has 4 nitrogen and oxygen atoms in total. The summed E-state index contributed by atoms with van der Waals surface area (Å²) in [6.45, 7) is 12.0. The minimum absolute atomic E-state index is 0.381. The molecule has 1 unspecified atom stereocenters. The number of hydrogen-bond acceptors (Lipinski definition) is 2. The molecule has 0 saturated heterocycles. The molecular weight excluding hydrogens is 272 g/mol. The van der Waals surface area contributed by atoms with Gasteiger partial charge in [-0.05, 0) is 55.7 Å². The minimum atomic E-state index is 0.381. The third-order valence-electron chi connectivity index (χ3n) is 3.76. The van der Waals surface area contributed by atoms with E-state index in [1.165, 1.54) is 17.5 Å². The van der Waals surface area contributed by atoms with Gasteiger partial charge in [-0.2, -0.15) is 0 Å². The van der Waals surface area contributed by atoms with Crippen LogP contribution in [0.4, 0.5) is 0 Å². The Morgan fingerprint density at radius 3 is 2.68 bits per heavy atom. The number of nitrogens with one attached hydrogen (secondary N) is 2. The number of hydrogen-bond donors (Lipinski definition) is 2. The van der Waals surface area contributed by atoms with E-state index in [-0.39, 0.29) is 0 Å². The van der Waals surface area contributed by atoms with E-state index in [0.29, 0.717) is 11.5 Å². The predicted octanol–water partition coefficient (Wildman–Crippen LogP) is 3.31. The average molecular weight is 304 g/mol. The minimum Gasteiger partial charge on any atom is -0.356 e. The van der Waals surface area contributed by atoms with Crippen molar-refractivity contribution in [1.29, 1.82) is 0 Å². The van der Waals surface area contributed by atoms with E-state index in [4.69, 9.17) is 0 Å². The zero-order valence-corrected chi connectivity index (χ0v) is 15.0. The van der Waals surface area contributed by atoms with Gasteiger partial charge >= 0.3 is 0 Å². The summed E-state index contributed by atoms with van der Waals surface area (Å²) < 4.78 is 0. The van der Waals surface area contributed by atoms with Crippen LogP contribution < -0.4 is 10.6 Å². The van der Waals surface area contributed by atoms with E-state index in [0.717, 1.165) is 25.3 Å². The van der Waals surface area contributed by atoms with E-state index in [1.54, 1.807) is 0 Å². The number of nitrogens with zero attached hydrogens (tertiary/aromatic N) is 2. The summed E-state index contributed by atoms with van der Waals surface area (Å²) in [6.07, 6.45) is 7.09. The smallest absolute Gasteiger partial charge is 0.191 e. The topological polar surface area (TPSA) is 49.3 Å². The number of guanidine groups is 1. The highest BCUT2D eigenvalue weighted by Crippen LogP contribution is 2.21. The fourth-order valence-corrected chi connectivity index (χ4v) is 2.25. The summed E-state index contributed by atoms with van der Waals surface area (Å²) in [6, 6.07) is 2.51. The van der Waals surface area contributed by atoms with Gasteiger partial charge in [0.2, 0.25) is 0 Å². The van der Waals surface area contributed by atoms with Gasteiger partial charge in [0.05, 0.1) is 0 Å². The Kier molecular flexibility index (Phi) is 7.36. The van der Waals surface area contributed by atoms with Crippen molar-refractivity contribution in [2.75, 3.05) is 13.6 Å². The van der Waals surface area contributed by atoms with Gasteiger partial charge in [0.15, 0.2) is 5.96 Å². The quantitative estimate of drug-likeness (QED) is 0.626. The molecule has 0 aliphatic carbocycles. The average Bonchev–Trinajstić information content (AvgIpc) is 2.45. The SMILES string of the molecule is CN=C(NCCc1ccncc1C)NC(C)CCC(C)(C)C. The van der Waals surface area contributed by atoms with Crippen molar-refractivity contribution >= 4 is 5.96 Å². The second-order valence-electron chi connectivity index (χ2n) is 7.20. The van der Waals surface area contributed by atoms with Crippen LogP contribution in [0, 0.1) is 12.3 Å². The number of aryl methyl sites for hydroxylation is 1. The summed E-state index contributed by atoms with van der Waals surface area (Å²) in [5, 5.41) is 6.86. The molecule has 0 aliphatic rings.